The molecule has 0 bridgehead atoms. The fourth-order valence-electron chi connectivity index (χ4n) is 3.19. The van der Waals surface area contributed by atoms with Crippen molar-refractivity contribution in [1.29, 1.82) is 0 Å². The van der Waals surface area contributed by atoms with E-state index >= 15 is 0 Å². The Kier molecular flexibility index (Phi) is 6.92. The second kappa shape index (κ2) is 7.77. The quantitative estimate of drug-likeness (QED) is 0.786. The molecule has 2 unspecified atom stereocenters. The number of hydrogen-bond donors (Lipinski definition) is 1. The van der Waals surface area contributed by atoms with Crippen molar-refractivity contribution in [2.75, 3.05) is 7.05 Å². The van der Waals surface area contributed by atoms with Crippen LogP contribution in [0.25, 0.3) is 0 Å². The van der Waals surface area contributed by atoms with Crippen molar-refractivity contribution in [3.63, 3.8) is 0 Å². The zero-order valence-corrected chi connectivity index (χ0v) is 16.3. The van der Waals surface area contributed by atoms with Gasteiger partial charge in [0.25, 0.3) is 0 Å². The first-order valence-electron chi connectivity index (χ1n) is 8.05. The number of aromatic nitrogens is 2. The van der Waals surface area contributed by atoms with Crippen LogP contribution in [0.3, 0.4) is 0 Å². The van der Waals surface area contributed by atoms with Gasteiger partial charge in [-0.3, -0.25) is 4.68 Å². The monoisotopic (exact) mass is 357 g/mol. The largest absolute Gasteiger partial charge is 0.317 e. The van der Waals surface area contributed by atoms with Crippen molar-refractivity contribution in [3.8, 4) is 0 Å². The number of likely N-dealkylation sites (N-methyl/N-ethyl adjacent to an activating group) is 1. The summed E-state index contributed by atoms with van der Waals surface area (Å²) < 4.78 is 3.22. The molecule has 0 aromatic carbocycles. The molecule has 21 heavy (non-hydrogen) atoms. The van der Waals surface area contributed by atoms with Crippen LogP contribution in [0.15, 0.2) is 4.47 Å². The zero-order chi connectivity index (χ0) is 16.2. The summed E-state index contributed by atoms with van der Waals surface area (Å²) in [4.78, 5) is 0. The second-order valence-electron chi connectivity index (χ2n) is 7.48. The third kappa shape index (κ3) is 5.74. The van der Waals surface area contributed by atoms with Crippen molar-refractivity contribution in [2.24, 2.45) is 18.4 Å². The molecule has 0 saturated carbocycles. The minimum Gasteiger partial charge on any atom is -0.317 e. The van der Waals surface area contributed by atoms with E-state index in [0.29, 0.717) is 11.5 Å². The summed E-state index contributed by atoms with van der Waals surface area (Å²) >= 11 is 3.72. The molecule has 1 N–H and O–H groups in total. The van der Waals surface area contributed by atoms with Crippen molar-refractivity contribution in [1.82, 2.24) is 15.1 Å². The van der Waals surface area contributed by atoms with Crippen molar-refractivity contribution in [3.05, 3.63) is 15.9 Å². The summed E-state index contributed by atoms with van der Waals surface area (Å²) in [6.45, 7) is 11.5. The minimum absolute atomic E-state index is 0.403. The SMILES string of the molecule is CCc1nn(C)c(CC(CC(C)CC(C)(C)C)NC)c1Br. The summed E-state index contributed by atoms with van der Waals surface area (Å²) in [5, 5.41) is 8.08. The molecular formula is C17H32BrN3. The van der Waals surface area contributed by atoms with Gasteiger partial charge in [-0.2, -0.15) is 5.10 Å². The highest BCUT2D eigenvalue weighted by atomic mass is 79.9. The van der Waals surface area contributed by atoms with Gasteiger partial charge < -0.3 is 5.32 Å². The summed E-state index contributed by atoms with van der Waals surface area (Å²) in [5.74, 6) is 0.722. The van der Waals surface area contributed by atoms with Gasteiger partial charge in [-0.05, 0) is 53.6 Å². The van der Waals surface area contributed by atoms with Gasteiger partial charge in [0.1, 0.15) is 0 Å². The van der Waals surface area contributed by atoms with Crippen LogP contribution in [0, 0.1) is 11.3 Å². The normalized spacial score (nSPS) is 15.2. The van der Waals surface area contributed by atoms with E-state index in [1.54, 1.807) is 0 Å². The molecule has 0 aliphatic rings. The maximum Gasteiger partial charge on any atom is 0.0766 e. The number of aryl methyl sites for hydroxylation is 2. The Labute approximate surface area is 139 Å². The number of halogens is 1. The molecule has 2 atom stereocenters. The minimum atomic E-state index is 0.403. The van der Waals surface area contributed by atoms with E-state index < -0.39 is 0 Å². The summed E-state index contributed by atoms with van der Waals surface area (Å²) in [7, 11) is 4.12. The second-order valence-corrected chi connectivity index (χ2v) is 8.27. The highest BCUT2D eigenvalue weighted by molar-refractivity contribution is 9.10. The van der Waals surface area contributed by atoms with Crippen LogP contribution in [-0.2, 0) is 19.9 Å². The van der Waals surface area contributed by atoms with E-state index in [9.17, 15) is 0 Å². The summed E-state index contributed by atoms with van der Waals surface area (Å²) in [6.07, 6.45) is 4.46. The van der Waals surface area contributed by atoms with Gasteiger partial charge in [-0.1, -0.05) is 34.6 Å². The van der Waals surface area contributed by atoms with E-state index in [4.69, 9.17) is 0 Å². The standard InChI is InChI=1S/C17H32BrN3/c1-8-14-16(18)15(21(7)20-14)10-13(19-6)9-12(2)11-17(3,4)5/h12-13,19H,8-11H2,1-7H3. The average molecular weight is 358 g/mol. The zero-order valence-electron chi connectivity index (χ0n) is 14.8. The van der Waals surface area contributed by atoms with Gasteiger partial charge in [0, 0.05) is 19.5 Å². The molecule has 1 heterocycles. The molecule has 4 heteroatoms. The lowest BCUT2D eigenvalue weighted by molar-refractivity contribution is 0.276. The van der Waals surface area contributed by atoms with Gasteiger partial charge in [-0.15, -0.1) is 0 Å². The van der Waals surface area contributed by atoms with Crippen LogP contribution in [0.1, 0.15) is 58.8 Å². The predicted molar refractivity (Wildman–Crippen MR) is 94.7 cm³/mol. The van der Waals surface area contributed by atoms with E-state index in [-0.39, 0.29) is 0 Å². The topological polar surface area (TPSA) is 29.9 Å². The Morgan fingerprint density at radius 2 is 1.95 bits per heavy atom. The maximum absolute atomic E-state index is 4.60. The molecule has 0 aliphatic carbocycles. The number of rotatable bonds is 7. The first-order chi connectivity index (χ1) is 9.67. The molecule has 122 valence electrons. The van der Waals surface area contributed by atoms with Gasteiger partial charge in [0.2, 0.25) is 0 Å². The highest BCUT2D eigenvalue weighted by Gasteiger charge is 2.21. The number of nitrogens with zero attached hydrogens (tertiary/aromatic N) is 2. The molecule has 1 aromatic heterocycles. The molecule has 0 radical (unpaired) electrons. The Hall–Kier alpha value is -0.350. The summed E-state index contributed by atoms with van der Waals surface area (Å²) in [6, 6.07) is 0.499. The van der Waals surface area contributed by atoms with Crippen LogP contribution in [0.5, 0.6) is 0 Å². The number of nitrogens with one attached hydrogen (secondary N) is 1. The highest BCUT2D eigenvalue weighted by Crippen LogP contribution is 2.28. The van der Waals surface area contributed by atoms with Crippen LogP contribution in [0.4, 0.5) is 0 Å². The Morgan fingerprint density at radius 3 is 2.38 bits per heavy atom. The maximum atomic E-state index is 4.60. The molecular weight excluding hydrogens is 326 g/mol. The van der Waals surface area contributed by atoms with E-state index in [1.165, 1.54) is 23.0 Å². The first kappa shape index (κ1) is 18.7. The Bertz CT molecular complexity index is 446. The van der Waals surface area contributed by atoms with E-state index in [0.717, 1.165) is 24.5 Å². The van der Waals surface area contributed by atoms with Crippen LogP contribution >= 0.6 is 15.9 Å². The van der Waals surface area contributed by atoms with E-state index in [2.05, 4.69) is 68.0 Å². The van der Waals surface area contributed by atoms with Crippen molar-refractivity contribution < 1.29 is 0 Å². The Morgan fingerprint density at radius 1 is 1.33 bits per heavy atom. The fourth-order valence-corrected chi connectivity index (χ4v) is 3.97. The van der Waals surface area contributed by atoms with Gasteiger partial charge >= 0.3 is 0 Å². The molecule has 3 nitrogen and oxygen atoms in total. The lowest BCUT2D eigenvalue weighted by Crippen LogP contribution is -2.31. The molecule has 1 rings (SSSR count). The van der Waals surface area contributed by atoms with E-state index in [1.807, 2.05) is 11.7 Å². The first-order valence-corrected chi connectivity index (χ1v) is 8.84. The van der Waals surface area contributed by atoms with Crippen molar-refractivity contribution in [2.45, 2.75) is 66.3 Å². The van der Waals surface area contributed by atoms with Crippen molar-refractivity contribution >= 4 is 15.9 Å². The smallest absolute Gasteiger partial charge is 0.0766 e. The van der Waals surface area contributed by atoms with Gasteiger partial charge in [0.05, 0.1) is 15.9 Å². The third-order valence-electron chi connectivity index (χ3n) is 4.00. The number of hydrogen-bond acceptors (Lipinski definition) is 2. The lowest BCUT2D eigenvalue weighted by Gasteiger charge is -2.26. The lowest BCUT2D eigenvalue weighted by atomic mass is 9.82. The summed E-state index contributed by atoms with van der Waals surface area (Å²) in [5.41, 5.74) is 2.86. The van der Waals surface area contributed by atoms with Crippen LogP contribution in [0.2, 0.25) is 0 Å². The third-order valence-corrected chi connectivity index (χ3v) is 4.91. The Balaban J connectivity index is 2.72. The average Bonchev–Trinajstić information content (AvgIpc) is 2.62. The molecule has 0 saturated heterocycles. The van der Waals surface area contributed by atoms with Gasteiger partial charge in [-0.25, -0.2) is 0 Å². The molecule has 0 spiro atoms. The predicted octanol–water partition coefficient (Wildman–Crippen LogP) is 4.34. The molecule has 1 aromatic rings. The molecule has 0 fully saturated rings. The van der Waals surface area contributed by atoms with Crippen LogP contribution in [-0.4, -0.2) is 22.9 Å². The van der Waals surface area contributed by atoms with Crippen LogP contribution < -0.4 is 5.32 Å². The van der Waals surface area contributed by atoms with Gasteiger partial charge in [0.15, 0.2) is 0 Å². The molecule has 0 amide bonds. The fraction of sp³-hybridized carbons (Fsp3) is 0.824. The molecule has 0 aliphatic heterocycles.